The quantitative estimate of drug-likeness (QED) is 0.536. The van der Waals surface area contributed by atoms with E-state index in [-0.39, 0.29) is 11.9 Å². The second-order valence-electron chi connectivity index (χ2n) is 7.89. The Balaban J connectivity index is 1.64. The predicted octanol–water partition coefficient (Wildman–Crippen LogP) is 5.18. The molecule has 3 aromatic carbocycles. The molecule has 0 unspecified atom stereocenters. The van der Waals surface area contributed by atoms with Gasteiger partial charge in [-0.2, -0.15) is 0 Å². The molecule has 0 spiro atoms. The fourth-order valence-electron chi connectivity index (χ4n) is 4.47. The van der Waals surface area contributed by atoms with Gasteiger partial charge in [-0.1, -0.05) is 36.4 Å². The third kappa shape index (κ3) is 3.15. The van der Waals surface area contributed by atoms with Crippen LogP contribution in [-0.4, -0.2) is 28.8 Å². The summed E-state index contributed by atoms with van der Waals surface area (Å²) in [6.07, 6.45) is 0.598. The average Bonchev–Trinajstić information content (AvgIpc) is 2.79. The molecule has 2 bridgehead atoms. The molecular weight excluding hydrogens is 408 g/mol. The number of carbonyl (C=O) groups excluding carboxylic acids is 1. The van der Waals surface area contributed by atoms with Crippen molar-refractivity contribution in [2.75, 3.05) is 12.0 Å². The van der Waals surface area contributed by atoms with Crippen LogP contribution in [0.25, 0.3) is 0 Å². The molecule has 31 heavy (non-hydrogen) atoms. The first-order valence-electron chi connectivity index (χ1n) is 10.2. The third-order valence-corrected chi connectivity index (χ3v) is 6.31. The second kappa shape index (κ2) is 7.39. The summed E-state index contributed by atoms with van der Waals surface area (Å²) in [6.45, 7) is 2.03. The maximum absolute atomic E-state index is 13.7. The van der Waals surface area contributed by atoms with E-state index in [1.165, 1.54) is 0 Å². The smallest absolute Gasteiger partial charge is 0.260 e. The molecule has 6 heteroatoms. The van der Waals surface area contributed by atoms with E-state index in [1.54, 1.807) is 36.3 Å². The van der Waals surface area contributed by atoms with Crippen LogP contribution >= 0.6 is 12.2 Å². The largest absolute Gasteiger partial charge is 0.497 e. The van der Waals surface area contributed by atoms with Crippen molar-refractivity contribution in [2.24, 2.45) is 0 Å². The minimum Gasteiger partial charge on any atom is -0.497 e. The lowest BCUT2D eigenvalue weighted by molar-refractivity contribution is 0.0184. The molecule has 2 heterocycles. The summed E-state index contributed by atoms with van der Waals surface area (Å²) in [6, 6.07) is 24.6. The van der Waals surface area contributed by atoms with Gasteiger partial charge >= 0.3 is 0 Å². The number of methoxy groups -OCH3 is 1. The average molecular weight is 431 g/mol. The van der Waals surface area contributed by atoms with Gasteiger partial charge in [-0.15, -0.1) is 0 Å². The van der Waals surface area contributed by atoms with Crippen molar-refractivity contribution in [2.45, 2.75) is 25.1 Å². The lowest BCUT2D eigenvalue weighted by Gasteiger charge is -2.55. The fraction of sp³-hybridized carbons (Fsp3) is 0.200. The summed E-state index contributed by atoms with van der Waals surface area (Å²) in [5.74, 6) is 1.34. The van der Waals surface area contributed by atoms with E-state index >= 15 is 0 Å². The summed E-state index contributed by atoms with van der Waals surface area (Å²) in [4.78, 5) is 17.4. The van der Waals surface area contributed by atoms with Gasteiger partial charge in [0.2, 0.25) is 0 Å². The van der Waals surface area contributed by atoms with Crippen LogP contribution in [0.3, 0.4) is 0 Å². The minimum absolute atomic E-state index is 0.141. The first kappa shape index (κ1) is 19.6. The maximum atomic E-state index is 13.7. The monoisotopic (exact) mass is 430 g/mol. The number of hydrogen-bond acceptors (Lipinski definition) is 4. The Morgan fingerprint density at radius 2 is 1.71 bits per heavy atom. The van der Waals surface area contributed by atoms with Gasteiger partial charge < -0.3 is 9.47 Å². The number of nitrogens with zero attached hydrogens (tertiary/aromatic N) is 2. The van der Waals surface area contributed by atoms with Gasteiger partial charge in [-0.05, 0) is 61.6 Å². The molecule has 2 aliphatic heterocycles. The third-order valence-electron chi connectivity index (χ3n) is 5.93. The van der Waals surface area contributed by atoms with E-state index in [1.807, 2.05) is 66.4 Å². The number of anilines is 1. The van der Waals surface area contributed by atoms with Crippen molar-refractivity contribution in [3.63, 3.8) is 0 Å². The molecule has 5 nitrogen and oxygen atoms in total. The Morgan fingerprint density at radius 3 is 2.42 bits per heavy atom. The number of thiocarbonyl (C=S) groups is 1. The summed E-state index contributed by atoms with van der Waals surface area (Å²) in [7, 11) is 1.61. The van der Waals surface area contributed by atoms with Crippen molar-refractivity contribution in [3.05, 3.63) is 90.0 Å². The van der Waals surface area contributed by atoms with Crippen LogP contribution in [0.2, 0.25) is 0 Å². The number of benzene rings is 3. The van der Waals surface area contributed by atoms with E-state index in [9.17, 15) is 4.79 Å². The van der Waals surface area contributed by atoms with Crippen molar-refractivity contribution in [1.82, 2.24) is 4.90 Å². The van der Waals surface area contributed by atoms with Gasteiger partial charge in [-0.25, -0.2) is 0 Å². The van der Waals surface area contributed by atoms with Gasteiger partial charge in [0.25, 0.3) is 5.91 Å². The van der Waals surface area contributed by atoms with Crippen molar-refractivity contribution in [1.29, 1.82) is 0 Å². The number of fused-ring (bicyclic) bond motifs is 4. The Kier molecular flexibility index (Phi) is 4.67. The Hall–Kier alpha value is -3.38. The van der Waals surface area contributed by atoms with E-state index in [2.05, 4.69) is 0 Å². The Bertz CT molecular complexity index is 1150. The maximum Gasteiger partial charge on any atom is 0.260 e. The highest BCUT2D eigenvalue weighted by molar-refractivity contribution is 7.80. The highest BCUT2D eigenvalue weighted by Crippen LogP contribution is 2.49. The summed E-state index contributed by atoms with van der Waals surface area (Å²) in [5.41, 5.74) is 1.72. The van der Waals surface area contributed by atoms with Gasteiger partial charge in [0.15, 0.2) is 10.8 Å². The molecule has 1 saturated heterocycles. The van der Waals surface area contributed by atoms with Gasteiger partial charge in [0.1, 0.15) is 11.5 Å². The van der Waals surface area contributed by atoms with E-state index in [0.717, 1.165) is 17.0 Å². The number of rotatable bonds is 3. The van der Waals surface area contributed by atoms with Crippen LogP contribution in [0, 0.1) is 0 Å². The molecule has 2 atom stereocenters. The zero-order valence-electron chi connectivity index (χ0n) is 17.3. The van der Waals surface area contributed by atoms with Crippen LogP contribution in [0.15, 0.2) is 78.9 Å². The lowest BCUT2D eigenvalue weighted by Crippen LogP contribution is -2.67. The van der Waals surface area contributed by atoms with Gasteiger partial charge in [0, 0.05) is 23.2 Å². The fourth-order valence-corrected chi connectivity index (χ4v) is 4.98. The molecule has 0 saturated carbocycles. The zero-order valence-corrected chi connectivity index (χ0v) is 18.1. The lowest BCUT2D eigenvalue weighted by atomic mass is 9.88. The van der Waals surface area contributed by atoms with Crippen LogP contribution in [0.4, 0.5) is 5.69 Å². The molecule has 1 amide bonds. The predicted molar refractivity (Wildman–Crippen MR) is 124 cm³/mol. The number of para-hydroxylation sites is 2. The molecule has 2 aliphatic rings. The molecule has 156 valence electrons. The van der Waals surface area contributed by atoms with Crippen molar-refractivity contribution >= 4 is 28.9 Å². The standard InChI is InChI=1S/C25H22N2O3S/c1-25-16-21(20-10-6-7-11-22(20)30-25)26(23(28)17-12-14-19(29-2)15-13-17)24(31)27(25)18-8-4-3-5-9-18/h3-15,21H,16H2,1-2H3/t21-,25-/m0/s1. The van der Waals surface area contributed by atoms with Crippen molar-refractivity contribution in [3.8, 4) is 11.5 Å². The second-order valence-corrected chi connectivity index (χ2v) is 8.26. The van der Waals surface area contributed by atoms with Crippen LogP contribution in [-0.2, 0) is 0 Å². The highest BCUT2D eigenvalue weighted by atomic mass is 32.1. The summed E-state index contributed by atoms with van der Waals surface area (Å²) in [5, 5.41) is 0.431. The minimum atomic E-state index is -0.700. The topological polar surface area (TPSA) is 42.0 Å². The zero-order chi connectivity index (χ0) is 21.6. The summed E-state index contributed by atoms with van der Waals surface area (Å²) >= 11 is 5.94. The SMILES string of the molecule is COc1ccc(C(=O)N2C(=S)N(c3ccccc3)[C@]3(C)C[C@H]2c2ccccc2O3)cc1. The molecule has 0 aliphatic carbocycles. The van der Waals surface area contributed by atoms with Gasteiger partial charge in [0.05, 0.1) is 13.2 Å². The number of carbonyl (C=O) groups is 1. The Labute approximate surface area is 186 Å². The van der Waals surface area contributed by atoms with Crippen LogP contribution < -0.4 is 14.4 Å². The molecular formula is C25H22N2O3S. The first-order valence-corrected chi connectivity index (χ1v) is 10.6. The van der Waals surface area contributed by atoms with E-state index in [4.69, 9.17) is 21.7 Å². The summed E-state index contributed by atoms with van der Waals surface area (Å²) < 4.78 is 11.7. The van der Waals surface area contributed by atoms with Gasteiger partial charge in [-0.3, -0.25) is 14.6 Å². The molecule has 0 aromatic heterocycles. The molecule has 0 N–H and O–H groups in total. The number of ether oxygens (including phenoxy) is 2. The number of amides is 1. The van der Waals surface area contributed by atoms with Crippen molar-refractivity contribution < 1.29 is 14.3 Å². The number of hydrogen-bond donors (Lipinski definition) is 0. The van der Waals surface area contributed by atoms with E-state index < -0.39 is 5.72 Å². The highest BCUT2D eigenvalue weighted by Gasteiger charge is 2.53. The first-order chi connectivity index (χ1) is 15.0. The van der Waals surface area contributed by atoms with E-state index in [0.29, 0.717) is 22.8 Å². The molecule has 0 radical (unpaired) electrons. The Morgan fingerprint density at radius 1 is 1.03 bits per heavy atom. The molecule has 5 rings (SSSR count). The molecule has 1 fully saturated rings. The van der Waals surface area contributed by atoms with Crippen LogP contribution in [0.1, 0.15) is 35.3 Å². The molecule has 3 aromatic rings. The normalized spacial score (nSPS) is 21.9. The van der Waals surface area contributed by atoms with Crippen LogP contribution in [0.5, 0.6) is 11.5 Å².